The molecule has 1 aliphatic rings. The maximum Gasteiger partial charge on any atom is 0.102 e. The zero-order chi connectivity index (χ0) is 18.1. The van der Waals surface area contributed by atoms with Crippen molar-refractivity contribution in [2.45, 2.75) is 26.8 Å². The van der Waals surface area contributed by atoms with E-state index >= 15 is 0 Å². The molecule has 3 aromatic rings. The second kappa shape index (κ2) is 7.04. The van der Waals surface area contributed by atoms with E-state index in [1.165, 1.54) is 38.9 Å². The Morgan fingerprint density at radius 2 is 2.04 bits per heavy atom. The lowest BCUT2D eigenvalue weighted by Crippen LogP contribution is -2.32. The molecular formula is C22H24FN3. The van der Waals surface area contributed by atoms with Crippen LogP contribution in [0.25, 0.3) is 22.7 Å². The van der Waals surface area contributed by atoms with E-state index in [0.29, 0.717) is 6.54 Å². The Balaban J connectivity index is 1.85. The number of aryl methyl sites for hydroxylation is 1. The van der Waals surface area contributed by atoms with Gasteiger partial charge in [-0.25, -0.2) is 4.39 Å². The predicted octanol–water partition coefficient (Wildman–Crippen LogP) is 4.69. The predicted molar refractivity (Wildman–Crippen MR) is 106 cm³/mol. The summed E-state index contributed by atoms with van der Waals surface area (Å²) in [4.78, 5) is 6.33. The zero-order valence-electron chi connectivity index (χ0n) is 15.4. The van der Waals surface area contributed by atoms with Crippen molar-refractivity contribution in [3.05, 3.63) is 65.1 Å². The molecule has 1 aliphatic heterocycles. The average molecular weight is 349 g/mol. The summed E-state index contributed by atoms with van der Waals surface area (Å²) in [7, 11) is 0. The summed E-state index contributed by atoms with van der Waals surface area (Å²) in [6, 6.07) is 10.7. The molecule has 134 valence electrons. The Morgan fingerprint density at radius 1 is 1.23 bits per heavy atom. The lowest BCUT2D eigenvalue weighted by molar-refractivity contribution is 0.230. The zero-order valence-corrected chi connectivity index (χ0v) is 15.4. The molecule has 1 aromatic carbocycles. The van der Waals surface area contributed by atoms with E-state index in [2.05, 4.69) is 52.7 Å². The van der Waals surface area contributed by atoms with Crippen LogP contribution in [0.4, 0.5) is 4.39 Å². The molecule has 3 nitrogen and oxygen atoms in total. The number of halogens is 1. The lowest BCUT2D eigenvalue weighted by atomic mass is 10.0. The van der Waals surface area contributed by atoms with E-state index in [1.807, 2.05) is 24.5 Å². The smallest absolute Gasteiger partial charge is 0.102 e. The summed E-state index contributed by atoms with van der Waals surface area (Å²) in [6.07, 6.45) is 6.84. The van der Waals surface area contributed by atoms with E-state index < -0.39 is 0 Å². The van der Waals surface area contributed by atoms with Gasteiger partial charge >= 0.3 is 0 Å². The van der Waals surface area contributed by atoms with E-state index in [1.54, 1.807) is 0 Å². The van der Waals surface area contributed by atoms with Gasteiger partial charge in [0, 0.05) is 55.7 Å². The van der Waals surface area contributed by atoms with Crippen LogP contribution >= 0.6 is 0 Å². The second-order valence-corrected chi connectivity index (χ2v) is 7.08. The van der Waals surface area contributed by atoms with Gasteiger partial charge in [0.1, 0.15) is 6.67 Å². The monoisotopic (exact) mass is 349 g/mol. The largest absolute Gasteiger partial charge is 0.320 e. The van der Waals surface area contributed by atoms with Gasteiger partial charge in [0.2, 0.25) is 0 Å². The highest BCUT2D eigenvalue weighted by Crippen LogP contribution is 2.33. The maximum absolute atomic E-state index is 12.8. The van der Waals surface area contributed by atoms with Gasteiger partial charge in [-0.15, -0.1) is 0 Å². The van der Waals surface area contributed by atoms with Gasteiger partial charge in [-0.1, -0.05) is 11.6 Å². The van der Waals surface area contributed by atoms with Crippen molar-refractivity contribution >= 4 is 22.7 Å². The third-order valence-electron chi connectivity index (χ3n) is 5.28. The van der Waals surface area contributed by atoms with Crippen LogP contribution in [-0.4, -0.2) is 34.2 Å². The van der Waals surface area contributed by atoms with Crippen LogP contribution in [0, 0.1) is 6.92 Å². The fraction of sp³-hybridized carbons (Fsp3) is 0.318. The van der Waals surface area contributed by atoms with Gasteiger partial charge < -0.3 is 4.57 Å². The van der Waals surface area contributed by atoms with E-state index in [4.69, 9.17) is 0 Å². The van der Waals surface area contributed by atoms with E-state index in [9.17, 15) is 4.39 Å². The highest BCUT2D eigenvalue weighted by molar-refractivity contribution is 5.90. The number of fused-ring (bicyclic) bond motifs is 3. The van der Waals surface area contributed by atoms with E-state index in [-0.39, 0.29) is 6.67 Å². The minimum Gasteiger partial charge on any atom is -0.320 e. The Morgan fingerprint density at radius 3 is 2.81 bits per heavy atom. The number of allylic oxidation sites excluding steroid dienone is 1. The summed E-state index contributed by atoms with van der Waals surface area (Å²) in [5, 5.41) is 1.29. The molecule has 0 spiro atoms. The number of hydrogen-bond acceptors (Lipinski definition) is 2. The van der Waals surface area contributed by atoms with Crippen molar-refractivity contribution in [2.75, 3.05) is 19.8 Å². The first-order chi connectivity index (χ1) is 12.7. The normalized spacial score (nSPS) is 15.4. The first-order valence-corrected chi connectivity index (χ1v) is 9.17. The summed E-state index contributed by atoms with van der Waals surface area (Å²) in [5.41, 5.74) is 7.58. The van der Waals surface area contributed by atoms with Crippen molar-refractivity contribution in [1.82, 2.24) is 14.5 Å². The van der Waals surface area contributed by atoms with Crippen molar-refractivity contribution < 1.29 is 4.39 Å². The molecule has 0 aliphatic carbocycles. The maximum atomic E-state index is 12.8. The summed E-state index contributed by atoms with van der Waals surface area (Å²) in [6.45, 7) is 6.24. The first kappa shape index (κ1) is 17.0. The van der Waals surface area contributed by atoms with Crippen LogP contribution in [0.2, 0.25) is 0 Å². The minimum absolute atomic E-state index is 0.284. The summed E-state index contributed by atoms with van der Waals surface area (Å²) in [5.74, 6) is 0. The van der Waals surface area contributed by atoms with Crippen molar-refractivity contribution in [2.24, 2.45) is 0 Å². The molecule has 0 bridgehead atoms. The highest BCUT2D eigenvalue weighted by atomic mass is 19.1. The van der Waals surface area contributed by atoms with Crippen LogP contribution in [-0.2, 0) is 13.0 Å². The molecule has 0 fully saturated rings. The van der Waals surface area contributed by atoms with Gasteiger partial charge in [-0.2, -0.15) is 0 Å². The first-order valence-electron chi connectivity index (χ1n) is 9.17. The molecule has 0 unspecified atom stereocenters. The molecule has 26 heavy (non-hydrogen) atoms. The van der Waals surface area contributed by atoms with Crippen LogP contribution in [0.3, 0.4) is 0 Å². The highest BCUT2D eigenvalue weighted by Gasteiger charge is 2.23. The van der Waals surface area contributed by atoms with Gasteiger partial charge in [-0.05, 0) is 54.8 Å². The van der Waals surface area contributed by atoms with Gasteiger partial charge in [0.05, 0.1) is 5.52 Å². The number of benzene rings is 1. The number of rotatable bonds is 4. The molecule has 0 radical (unpaired) electrons. The van der Waals surface area contributed by atoms with Crippen LogP contribution < -0.4 is 0 Å². The van der Waals surface area contributed by atoms with Crippen LogP contribution in [0.1, 0.15) is 29.3 Å². The minimum atomic E-state index is -0.284. The molecule has 0 saturated heterocycles. The van der Waals surface area contributed by atoms with Gasteiger partial charge in [-0.3, -0.25) is 9.88 Å². The average Bonchev–Trinajstić information content (AvgIpc) is 2.95. The SMILES string of the molecule is C/C(=C/n1c2c(c3cc(C)ccc31)CN(CCF)CC2)c1ccncc1. The lowest BCUT2D eigenvalue weighted by Gasteiger charge is -2.26. The van der Waals surface area contributed by atoms with Crippen LogP contribution in [0.15, 0.2) is 42.7 Å². The molecule has 2 aromatic heterocycles. The Bertz CT molecular complexity index is 956. The van der Waals surface area contributed by atoms with Gasteiger partial charge in [0.25, 0.3) is 0 Å². The quantitative estimate of drug-likeness (QED) is 0.681. The standard InChI is InChI=1S/C22H24FN3/c1-16-3-4-21-19(13-16)20-15-25(12-8-23)11-7-22(20)26(21)14-17(2)18-5-9-24-10-6-18/h3-6,9-10,13-14H,7-8,11-12,15H2,1-2H3/b17-14-. The van der Waals surface area contributed by atoms with E-state index in [0.717, 1.165) is 19.5 Å². The number of aromatic nitrogens is 2. The molecule has 3 heterocycles. The Kier molecular flexibility index (Phi) is 4.60. The van der Waals surface area contributed by atoms with Crippen LogP contribution in [0.5, 0.6) is 0 Å². The second-order valence-electron chi connectivity index (χ2n) is 7.08. The molecular weight excluding hydrogens is 325 g/mol. The third kappa shape index (κ3) is 3.06. The molecule has 4 heteroatoms. The van der Waals surface area contributed by atoms with Crippen molar-refractivity contribution in [3.8, 4) is 0 Å². The van der Waals surface area contributed by atoms with Gasteiger partial charge in [0.15, 0.2) is 0 Å². The number of nitrogens with zero attached hydrogens (tertiary/aromatic N) is 3. The Hall–Kier alpha value is -2.46. The summed E-state index contributed by atoms with van der Waals surface area (Å²) < 4.78 is 15.2. The fourth-order valence-electron chi connectivity index (χ4n) is 3.90. The van der Waals surface area contributed by atoms with Crippen molar-refractivity contribution in [1.29, 1.82) is 0 Å². The molecule has 0 amide bonds. The summed E-state index contributed by atoms with van der Waals surface area (Å²) >= 11 is 0. The number of pyridine rings is 1. The topological polar surface area (TPSA) is 21.1 Å². The fourth-order valence-corrected chi connectivity index (χ4v) is 3.90. The molecule has 4 rings (SSSR count). The Labute approximate surface area is 153 Å². The third-order valence-corrected chi connectivity index (χ3v) is 5.28. The number of hydrogen-bond donors (Lipinski definition) is 0. The molecule has 0 N–H and O–H groups in total. The molecule has 0 atom stereocenters. The molecule has 0 saturated carbocycles. The van der Waals surface area contributed by atoms with Crippen molar-refractivity contribution in [3.63, 3.8) is 0 Å². The number of alkyl halides is 1.